The molecular formula is C22H18O3. The zero-order valence-corrected chi connectivity index (χ0v) is 13.7. The van der Waals surface area contributed by atoms with Gasteiger partial charge in [-0.05, 0) is 41.5 Å². The smallest absolute Gasteiger partial charge is 0.336 e. The summed E-state index contributed by atoms with van der Waals surface area (Å²) in [5, 5.41) is 0. The van der Waals surface area contributed by atoms with Gasteiger partial charge in [0.1, 0.15) is 18.1 Å². The molecule has 3 aromatic rings. The molecule has 0 radical (unpaired) electrons. The SMILES string of the molecule is O=C(/C=C/c1ccccc1)Oc1ccc(OCc2ccccc2)cc1. The normalized spacial score (nSPS) is 10.6. The van der Waals surface area contributed by atoms with E-state index in [0.717, 1.165) is 16.9 Å². The van der Waals surface area contributed by atoms with E-state index >= 15 is 0 Å². The number of esters is 1. The lowest BCUT2D eigenvalue weighted by molar-refractivity contribution is -0.128. The van der Waals surface area contributed by atoms with Crippen LogP contribution in [0.5, 0.6) is 11.5 Å². The van der Waals surface area contributed by atoms with Crippen molar-refractivity contribution in [2.24, 2.45) is 0 Å². The Bertz CT molecular complexity index is 822. The summed E-state index contributed by atoms with van der Waals surface area (Å²) < 4.78 is 11.0. The van der Waals surface area contributed by atoms with Crippen LogP contribution in [0.4, 0.5) is 0 Å². The minimum atomic E-state index is -0.415. The summed E-state index contributed by atoms with van der Waals surface area (Å²) in [5.41, 5.74) is 2.05. The Morgan fingerprint density at radius 1 is 0.760 bits per heavy atom. The van der Waals surface area contributed by atoms with Gasteiger partial charge in [-0.25, -0.2) is 4.79 Å². The molecule has 0 unspecified atom stereocenters. The molecule has 0 atom stereocenters. The minimum Gasteiger partial charge on any atom is -0.489 e. The molecule has 0 N–H and O–H groups in total. The van der Waals surface area contributed by atoms with Gasteiger partial charge in [0, 0.05) is 6.08 Å². The van der Waals surface area contributed by atoms with Crippen LogP contribution >= 0.6 is 0 Å². The molecule has 0 heterocycles. The maximum Gasteiger partial charge on any atom is 0.336 e. The summed E-state index contributed by atoms with van der Waals surface area (Å²) in [6.07, 6.45) is 3.13. The maximum atomic E-state index is 11.8. The maximum absolute atomic E-state index is 11.8. The molecule has 0 bridgehead atoms. The second-order valence-corrected chi connectivity index (χ2v) is 5.41. The van der Waals surface area contributed by atoms with Crippen LogP contribution in [-0.4, -0.2) is 5.97 Å². The Hall–Kier alpha value is -3.33. The second-order valence-electron chi connectivity index (χ2n) is 5.41. The monoisotopic (exact) mass is 330 g/mol. The van der Waals surface area contributed by atoms with Crippen LogP contribution < -0.4 is 9.47 Å². The van der Waals surface area contributed by atoms with Gasteiger partial charge >= 0.3 is 5.97 Å². The predicted octanol–water partition coefficient (Wildman–Crippen LogP) is 4.88. The van der Waals surface area contributed by atoms with Gasteiger partial charge < -0.3 is 9.47 Å². The predicted molar refractivity (Wildman–Crippen MR) is 98.3 cm³/mol. The number of ether oxygens (including phenoxy) is 2. The molecule has 3 rings (SSSR count). The molecule has 3 heteroatoms. The standard InChI is InChI=1S/C22H18O3/c23-22(16-11-18-7-3-1-4-8-18)25-21-14-12-20(13-15-21)24-17-19-9-5-2-6-10-19/h1-16H,17H2/b16-11+. The fourth-order valence-electron chi connectivity index (χ4n) is 2.22. The van der Waals surface area contributed by atoms with Crippen molar-refractivity contribution in [1.82, 2.24) is 0 Å². The number of benzene rings is 3. The topological polar surface area (TPSA) is 35.5 Å². The average molecular weight is 330 g/mol. The third kappa shape index (κ3) is 5.36. The highest BCUT2D eigenvalue weighted by atomic mass is 16.5. The highest BCUT2D eigenvalue weighted by Crippen LogP contribution is 2.19. The third-order valence-electron chi connectivity index (χ3n) is 3.50. The van der Waals surface area contributed by atoms with Crippen LogP contribution in [0.25, 0.3) is 6.08 Å². The van der Waals surface area contributed by atoms with E-state index < -0.39 is 5.97 Å². The van der Waals surface area contributed by atoms with E-state index in [-0.39, 0.29) is 0 Å². The molecule has 0 spiro atoms. The van der Waals surface area contributed by atoms with Gasteiger partial charge in [0.25, 0.3) is 0 Å². The van der Waals surface area contributed by atoms with Gasteiger partial charge in [0.2, 0.25) is 0 Å². The van der Waals surface area contributed by atoms with E-state index in [9.17, 15) is 4.79 Å². The molecule has 0 saturated carbocycles. The highest BCUT2D eigenvalue weighted by Gasteiger charge is 2.02. The van der Waals surface area contributed by atoms with Gasteiger partial charge in [0.05, 0.1) is 0 Å². The third-order valence-corrected chi connectivity index (χ3v) is 3.50. The number of carbonyl (C=O) groups excluding carboxylic acids is 1. The molecule has 0 aliphatic heterocycles. The summed E-state index contributed by atoms with van der Waals surface area (Å²) in [6, 6.07) is 26.5. The Balaban J connectivity index is 1.52. The van der Waals surface area contributed by atoms with Crippen LogP contribution in [0.3, 0.4) is 0 Å². The Morgan fingerprint density at radius 3 is 2.04 bits per heavy atom. The molecule has 3 nitrogen and oxygen atoms in total. The summed E-state index contributed by atoms with van der Waals surface area (Å²) in [7, 11) is 0. The van der Waals surface area contributed by atoms with Crippen LogP contribution in [0.1, 0.15) is 11.1 Å². The minimum absolute atomic E-state index is 0.415. The average Bonchev–Trinajstić information content (AvgIpc) is 2.67. The number of hydrogen-bond acceptors (Lipinski definition) is 3. The van der Waals surface area contributed by atoms with Crippen molar-refractivity contribution in [3.63, 3.8) is 0 Å². The van der Waals surface area contributed by atoms with Crippen molar-refractivity contribution in [2.45, 2.75) is 6.61 Å². The molecule has 0 aliphatic carbocycles. The lowest BCUT2D eigenvalue weighted by atomic mass is 10.2. The van der Waals surface area contributed by atoms with Crippen molar-refractivity contribution in [3.8, 4) is 11.5 Å². The summed E-state index contributed by atoms with van der Waals surface area (Å²) in [5.74, 6) is 0.792. The molecule has 3 aromatic carbocycles. The molecule has 124 valence electrons. The molecule has 0 fully saturated rings. The number of carbonyl (C=O) groups is 1. The summed E-state index contributed by atoms with van der Waals surface area (Å²) in [4.78, 5) is 11.8. The van der Waals surface area contributed by atoms with Gasteiger partial charge in [-0.2, -0.15) is 0 Å². The first-order valence-electron chi connectivity index (χ1n) is 8.01. The molecule has 0 aromatic heterocycles. The Kier molecular flexibility index (Phi) is 5.62. The number of rotatable bonds is 6. The molecule has 0 aliphatic rings. The van der Waals surface area contributed by atoms with E-state index in [1.54, 1.807) is 30.3 Å². The van der Waals surface area contributed by atoms with E-state index in [1.165, 1.54) is 6.08 Å². The lowest BCUT2D eigenvalue weighted by Crippen LogP contribution is -2.03. The van der Waals surface area contributed by atoms with E-state index in [0.29, 0.717) is 12.4 Å². The van der Waals surface area contributed by atoms with Crippen molar-refractivity contribution in [1.29, 1.82) is 0 Å². The lowest BCUT2D eigenvalue weighted by Gasteiger charge is -2.07. The summed E-state index contributed by atoms with van der Waals surface area (Å²) in [6.45, 7) is 0.500. The molecule has 0 amide bonds. The van der Waals surface area contributed by atoms with Crippen LogP contribution in [0.2, 0.25) is 0 Å². The summed E-state index contributed by atoms with van der Waals surface area (Å²) >= 11 is 0. The number of hydrogen-bond donors (Lipinski definition) is 0. The van der Waals surface area contributed by atoms with Crippen LogP contribution in [0, 0.1) is 0 Å². The molecule has 0 saturated heterocycles. The fourth-order valence-corrected chi connectivity index (χ4v) is 2.22. The van der Waals surface area contributed by atoms with Crippen molar-refractivity contribution >= 4 is 12.0 Å². The van der Waals surface area contributed by atoms with Crippen molar-refractivity contribution in [2.75, 3.05) is 0 Å². The van der Waals surface area contributed by atoms with E-state index in [1.807, 2.05) is 60.7 Å². The van der Waals surface area contributed by atoms with Crippen LogP contribution in [0.15, 0.2) is 91.0 Å². The first-order valence-corrected chi connectivity index (χ1v) is 8.01. The Morgan fingerprint density at radius 2 is 1.36 bits per heavy atom. The van der Waals surface area contributed by atoms with Gasteiger partial charge in [-0.1, -0.05) is 60.7 Å². The van der Waals surface area contributed by atoms with Gasteiger partial charge in [-0.3, -0.25) is 0 Å². The van der Waals surface area contributed by atoms with Crippen molar-refractivity contribution < 1.29 is 14.3 Å². The van der Waals surface area contributed by atoms with Gasteiger partial charge in [0.15, 0.2) is 0 Å². The van der Waals surface area contributed by atoms with Crippen LogP contribution in [-0.2, 0) is 11.4 Å². The zero-order chi connectivity index (χ0) is 17.3. The highest BCUT2D eigenvalue weighted by molar-refractivity contribution is 5.88. The zero-order valence-electron chi connectivity index (χ0n) is 13.7. The quantitative estimate of drug-likeness (QED) is 0.367. The molecule has 25 heavy (non-hydrogen) atoms. The largest absolute Gasteiger partial charge is 0.489 e. The fraction of sp³-hybridized carbons (Fsp3) is 0.0455. The second kappa shape index (κ2) is 8.50. The first-order chi connectivity index (χ1) is 12.3. The molecular weight excluding hydrogens is 312 g/mol. The van der Waals surface area contributed by atoms with E-state index in [2.05, 4.69) is 0 Å². The first kappa shape index (κ1) is 16.5. The Labute approximate surface area is 147 Å². The van der Waals surface area contributed by atoms with Crippen molar-refractivity contribution in [3.05, 3.63) is 102 Å². The van der Waals surface area contributed by atoms with Gasteiger partial charge in [-0.15, -0.1) is 0 Å². The van der Waals surface area contributed by atoms with E-state index in [4.69, 9.17) is 9.47 Å².